The van der Waals surface area contributed by atoms with Gasteiger partial charge in [-0.25, -0.2) is 0 Å². The Hall–Kier alpha value is -0.500. The summed E-state index contributed by atoms with van der Waals surface area (Å²) in [6.45, 7) is 2.01. The van der Waals surface area contributed by atoms with Crippen LogP contribution in [0.5, 0.6) is 0 Å². The van der Waals surface area contributed by atoms with Crippen LogP contribution in [0.15, 0.2) is 16.2 Å². The minimum atomic E-state index is 0.229. The molecular formula is C6H9ClN2. The lowest BCUT2D eigenvalue weighted by Gasteiger charge is -2.22. The van der Waals surface area contributed by atoms with E-state index in [1.165, 1.54) is 0 Å². The second-order valence-electron chi connectivity index (χ2n) is 2.09. The Morgan fingerprint density at radius 1 is 1.78 bits per heavy atom. The molecule has 50 valence electrons. The lowest BCUT2D eigenvalue weighted by Crippen LogP contribution is -2.24. The summed E-state index contributed by atoms with van der Waals surface area (Å²) in [5.41, 5.74) is 0. The van der Waals surface area contributed by atoms with E-state index in [-0.39, 0.29) is 6.17 Å². The summed E-state index contributed by atoms with van der Waals surface area (Å²) in [5.74, 6) is 0. The predicted molar refractivity (Wildman–Crippen MR) is 39.7 cm³/mol. The van der Waals surface area contributed by atoms with Crippen molar-refractivity contribution in [2.24, 2.45) is 4.99 Å². The van der Waals surface area contributed by atoms with Gasteiger partial charge in [-0.1, -0.05) is 11.6 Å². The summed E-state index contributed by atoms with van der Waals surface area (Å²) in [7, 11) is 1.95. The van der Waals surface area contributed by atoms with Crippen LogP contribution in [-0.2, 0) is 0 Å². The van der Waals surface area contributed by atoms with Crippen molar-refractivity contribution in [3.8, 4) is 0 Å². The molecule has 0 saturated heterocycles. The van der Waals surface area contributed by atoms with E-state index in [2.05, 4.69) is 4.99 Å². The van der Waals surface area contributed by atoms with Gasteiger partial charge in [-0.15, -0.1) is 0 Å². The van der Waals surface area contributed by atoms with E-state index in [9.17, 15) is 0 Å². The van der Waals surface area contributed by atoms with Crippen molar-refractivity contribution in [3.63, 3.8) is 0 Å². The lowest BCUT2D eigenvalue weighted by molar-refractivity contribution is 0.359. The first-order valence-electron chi connectivity index (χ1n) is 2.82. The van der Waals surface area contributed by atoms with Crippen molar-refractivity contribution in [2.45, 2.75) is 13.1 Å². The Balaban J connectivity index is 2.70. The van der Waals surface area contributed by atoms with Crippen LogP contribution in [0.1, 0.15) is 6.92 Å². The largest absolute Gasteiger partial charge is 0.358 e. The molecule has 0 aromatic heterocycles. The number of hydrogen-bond donors (Lipinski definition) is 0. The van der Waals surface area contributed by atoms with Crippen LogP contribution in [0.2, 0.25) is 0 Å². The van der Waals surface area contributed by atoms with Gasteiger partial charge in [-0.2, -0.15) is 0 Å². The summed E-state index contributed by atoms with van der Waals surface area (Å²) >= 11 is 5.65. The molecule has 0 aromatic rings. The average molecular weight is 145 g/mol. The van der Waals surface area contributed by atoms with Gasteiger partial charge in [0.25, 0.3) is 0 Å². The molecule has 0 N–H and O–H groups in total. The maximum atomic E-state index is 5.65. The van der Waals surface area contributed by atoms with Gasteiger partial charge < -0.3 is 4.90 Å². The molecule has 9 heavy (non-hydrogen) atoms. The first-order chi connectivity index (χ1) is 4.20. The molecular weight excluding hydrogens is 136 g/mol. The van der Waals surface area contributed by atoms with Crippen LogP contribution in [0.25, 0.3) is 0 Å². The molecule has 1 unspecified atom stereocenters. The Morgan fingerprint density at radius 3 is 2.89 bits per heavy atom. The van der Waals surface area contributed by atoms with Gasteiger partial charge in [0.05, 0.1) is 5.03 Å². The monoisotopic (exact) mass is 144 g/mol. The van der Waals surface area contributed by atoms with Crippen LogP contribution >= 0.6 is 11.6 Å². The van der Waals surface area contributed by atoms with Gasteiger partial charge in [-0.3, -0.25) is 4.99 Å². The molecule has 0 spiro atoms. The molecule has 1 atom stereocenters. The van der Waals surface area contributed by atoms with E-state index in [1.54, 1.807) is 6.21 Å². The van der Waals surface area contributed by atoms with Crippen LogP contribution in [0, 0.1) is 0 Å². The van der Waals surface area contributed by atoms with Gasteiger partial charge in [0.1, 0.15) is 6.17 Å². The zero-order valence-corrected chi connectivity index (χ0v) is 6.26. The van der Waals surface area contributed by atoms with Crippen LogP contribution in [0.4, 0.5) is 0 Å². The second-order valence-corrected chi connectivity index (χ2v) is 2.53. The van der Waals surface area contributed by atoms with Crippen LogP contribution in [0.3, 0.4) is 0 Å². The van der Waals surface area contributed by atoms with E-state index in [0.29, 0.717) is 5.03 Å². The summed E-state index contributed by atoms with van der Waals surface area (Å²) < 4.78 is 0. The minimum Gasteiger partial charge on any atom is -0.358 e. The van der Waals surface area contributed by atoms with E-state index < -0.39 is 0 Å². The third kappa shape index (κ3) is 1.45. The van der Waals surface area contributed by atoms with Gasteiger partial charge in [0, 0.05) is 19.5 Å². The third-order valence-corrected chi connectivity index (χ3v) is 1.53. The molecule has 0 bridgehead atoms. The maximum absolute atomic E-state index is 5.65. The number of allylic oxidation sites excluding steroid dienone is 1. The SMILES string of the molecule is CC1N=CC(Cl)=CN1C. The Morgan fingerprint density at radius 2 is 2.44 bits per heavy atom. The number of hydrogen-bond acceptors (Lipinski definition) is 2. The fourth-order valence-corrected chi connectivity index (χ4v) is 0.830. The quantitative estimate of drug-likeness (QED) is 0.502. The average Bonchev–Trinajstić information content (AvgIpc) is 1.80. The standard InChI is InChI=1S/C6H9ClN2/c1-5-8-3-6(7)4-9(5)2/h3-5H,1-2H3. The highest BCUT2D eigenvalue weighted by Crippen LogP contribution is 2.09. The highest BCUT2D eigenvalue weighted by molar-refractivity contribution is 6.39. The zero-order valence-electron chi connectivity index (χ0n) is 5.50. The Labute approximate surface area is 59.8 Å². The molecule has 0 radical (unpaired) electrons. The number of aliphatic imine (C=N–C) groups is 1. The lowest BCUT2D eigenvalue weighted by atomic mass is 10.4. The normalized spacial score (nSPS) is 26.3. The number of halogens is 1. The summed E-state index contributed by atoms with van der Waals surface area (Å²) in [6.07, 6.45) is 3.76. The molecule has 1 rings (SSSR count). The first kappa shape index (κ1) is 6.62. The molecule has 1 heterocycles. The van der Waals surface area contributed by atoms with Gasteiger partial charge in [0.15, 0.2) is 0 Å². The van der Waals surface area contributed by atoms with E-state index in [1.807, 2.05) is 25.1 Å². The fraction of sp³-hybridized carbons (Fsp3) is 0.500. The van der Waals surface area contributed by atoms with Gasteiger partial charge >= 0.3 is 0 Å². The summed E-state index contributed by atoms with van der Waals surface area (Å²) in [4.78, 5) is 6.05. The molecule has 0 amide bonds. The third-order valence-electron chi connectivity index (χ3n) is 1.33. The molecule has 0 saturated carbocycles. The zero-order chi connectivity index (χ0) is 6.85. The first-order valence-corrected chi connectivity index (χ1v) is 3.20. The van der Waals surface area contributed by atoms with Crippen molar-refractivity contribution in [3.05, 3.63) is 11.2 Å². The van der Waals surface area contributed by atoms with Crippen molar-refractivity contribution >= 4 is 17.8 Å². The highest BCUT2D eigenvalue weighted by atomic mass is 35.5. The molecule has 1 aliphatic heterocycles. The molecule has 3 heteroatoms. The molecule has 1 aliphatic rings. The molecule has 0 aliphatic carbocycles. The smallest absolute Gasteiger partial charge is 0.117 e. The van der Waals surface area contributed by atoms with Gasteiger partial charge in [0.2, 0.25) is 0 Å². The summed E-state index contributed by atoms with van der Waals surface area (Å²) in [6, 6.07) is 0. The Bertz CT molecular complexity index is 162. The predicted octanol–water partition coefficient (Wildman–Crippen LogP) is 1.43. The van der Waals surface area contributed by atoms with E-state index in [4.69, 9.17) is 11.6 Å². The Kier molecular flexibility index (Phi) is 1.76. The van der Waals surface area contributed by atoms with Crippen molar-refractivity contribution < 1.29 is 0 Å². The second kappa shape index (κ2) is 2.40. The van der Waals surface area contributed by atoms with E-state index >= 15 is 0 Å². The maximum Gasteiger partial charge on any atom is 0.117 e. The number of rotatable bonds is 0. The molecule has 0 aromatic carbocycles. The van der Waals surface area contributed by atoms with E-state index in [0.717, 1.165) is 0 Å². The topological polar surface area (TPSA) is 15.6 Å². The fourth-order valence-electron chi connectivity index (χ4n) is 0.620. The number of nitrogens with zero attached hydrogens (tertiary/aromatic N) is 2. The van der Waals surface area contributed by atoms with Crippen molar-refractivity contribution in [1.82, 2.24) is 4.90 Å². The molecule has 2 nitrogen and oxygen atoms in total. The van der Waals surface area contributed by atoms with Gasteiger partial charge in [-0.05, 0) is 6.92 Å². The van der Waals surface area contributed by atoms with Crippen molar-refractivity contribution in [1.29, 1.82) is 0 Å². The van der Waals surface area contributed by atoms with Crippen LogP contribution in [-0.4, -0.2) is 24.3 Å². The highest BCUT2D eigenvalue weighted by Gasteiger charge is 2.06. The minimum absolute atomic E-state index is 0.229. The molecule has 0 fully saturated rings. The van der Waals surface area contributed by atoms with Crippen LogP contribution < -0.4 is 0 Å². The van der Waals surface area contributed by atoms with Crippen molar-refractivity contribution in [2.75, 3.05) is 7.05 Å². The summed E-state index contributed by atoms with van der Waals surface area (Å²) in [5, 5.41) is 0.690.